The maximum absolute atomic E-state index is 4.47. The summed E-state index contributed by atoms with van der Waals surface area (Å²) in [7, 11) is 0. The average Bonchev–Trinajstić information content (AvgIpc) is 2.85. The summed E-state index contributed by atoms with van der Waals surface area (Å²) < 4.78 is 2.04. The molecule has 1 heterocycles. The fraction of sp³-hybridized carbons (Fsp3) is 0.438. The van der Waals surface area contributed by atoms with Crippen LogP contribution in [0.2, 0.25) is 0 Å². The van der Waals surface area contributed by atoms with Crippen molar-refractivity contribution in [2.45, 2.75) is 27.3 Å². The minimum absolute atomic E-state index is 0.204. The molecule has 102 valence electrons. The van der Waals surface area contributed by atoms with Crippen molar-refractivity contribution in [3.8, 4) is 11.1 Å². The highest BCUT2D eigenvalue weighted by Crippen LogP contribution is 2.21. The summed E-state index contributed by atoms with van der Waals surface area (Å²) in [6, 6.07) is 10.4. The standard InChI is InChI=1S/C16H23N3/c1-4-17-12-16(2,3)13-19-11-15(10-18-19)14-8-6-5-7-9-14/h5-11,17H,4,12-13H2,1-3H3. The molecule has 3 nitrogen and oxygen atoms in total. The molecule has 1 aromatic carbocycles. The molecule has 1 aromatic heterocycles. The van der Waals surface area contributed by atoms with Gasteiger partial charge in [0.1, 0.15) is 0 Å². The Labute approximate surface area is 115 Å². The first-order valence-electron chi connectivity index (χ1n) is 6.89. The van der Waals surface area contributed by atoms with Gasteiger partial charge in [-0.25, -0.2) is 0 Å². The zero-order valence-electron chi connectivity index (χ0n) is 12.1. The van der Waals surface area contributed by atoms with Gasteiger partial charge in [0, 0.05) is 24.8 Å². The number of rotatable bonds is 6. The van der Waals surface area contributed by atoms with E-state index in [9.17, 15) is 0 Å². The van der Waals surface area contributed by atoms with E-state index in [1.54, 1.807) is 0 Å². The van der Waals surface area contributed by atoms with Crippen LogP contribution in [0, 0.1) is 5.41 Å². The number of aromatic nitrogens is 2. The van der Waals surface area contributed by atoms with Crippen molar-refractivity contribution in [1.82, 2.24) is 15.1 Å². The molecular weight excluding hydrogens is 234 g/mol. The van der Waals surface area contributed by atoms with Crippen LogP contribution in [-0.4, -0.2) is 22.9 Å². The summed E-state index contributed by atoms with van der Waals surface area (Å²) in [4.78, 5) is 0. The summed E-state index contributed by atoms with van der Waals surface area (Å²) in [6.45, 7) is 9.60. The first-order valence-corrected chi connectivity index (χ1v) is 6.89. The largest absolute Gasteiger partial charge is 0.316 e. The number of nitrogens with one attached hydrogen (secondary N) is 1. The Balaban J connectivity index is 2.05. The average molecular weight is 257 g/mol. The minimum Gasteiger partial charge on any atom is -0.316 e. The van der Waals surface area contributed by atoms with Crippen LogP contribution in [0.15, 0.2) is 42.7 Å². The zero-order valence-corrected chi connectivity index (χ0v) is 12.1. The van der Waals surface area contributed by atoms with Gasteiger partial charge in [-0.3, -0.25) is 4.68 Å². The molecule has 0 aliphatic rings. The predicted molar refractivity (Wildman–Crippen MR) is 80.0 cm³/mol. The molecule has 2 rings (SSSR count). The van der Waals surface area contributed by atoms with E-state index in [1.165, 1.54) is 11.1 Å². The number of hydrogen-bond donors (Lipinski definition) is 1. The van der Waals surface area contributed by atoms with Gasteiger partial charge >= 0.3 is 0 Å². The topological polar surface area (TPSA) is 29.9 Å². The molecule has 2 aromatic rings. The van der Waals surface area contributed by atoms with E-state index in [-0.39, 0.29) is 5.41 Å². The second-order valence-corrected chi connectivity index (χ2v) is 5.74. The predicted octanol–water partition coefficient (Wildman–Crippen LogP) is 3.19. The van der Waals surface area contributed by atoms with Crippen LogP contribution in [0.4, 0.5) is 0 Å². The Morgan fingerprint density at radius 1 is 1.16 bits per heavy atom. The van der Waals surface area contributed by atoms with E-state index in [4.69, 9.17) is 0 Å². The second kappa shape index (κ2) is 6.02. The number of benzene rings is 1. The van der Waals surface area contributed by atoms with Crippen molar-refractivity contribution in [2.24, 2.45) is 5.41 Å². The lowest BCUT2D eigenvalue weighted by Crippen LogP contribution is -2.33. The van der Waals surface area contributed by atoms with Gasteiger partial charge in [0.25, 0.3) is 0 Å². The summed E-state index contributed by atoms with van der Waals surface area (Å²) in [5, 5.41) is 7.88. The molecule has 0 atom stereocenters. The first kappa shape index (κ1) is 13.8. The van der Waals surface area contributed by atoms with Gasteiger partial charge in [0.05, 0.1) is 6.20 Å². The molecule has 0 aliphatic heterocycles. The summed E-state index contributed by atoms with van der Waals surface area (Å²) in [5.41, 5.74) is 2.61. The molecule has 0 spiro atoms. The molecule has 19 heavy (non-hydrogen) atoms. The second-order valence-electron chi connectivity index (χ2n) is 5.74. The van der Waals surface area contributed by atoms with Gasteiger partial charge in [-0.15, -0.1) is 0 Å². The highest BCUT2D eigenvalue weighted by molar-refractivity contribution is 5.61. The number of hydrogen-bond acceptors (Lipinski definition) is 2. The van der Waals surface area contributed by atoms with Gasteiger partial charge in [-0.1, -0.05) is 51.1 Å². The Bertz CT molecular complexity index is 500. The van der Waals surface area contributed by atoms with Gasteiger partial charge < -0.3 is 5.32 Å². The Kier molecular flexibility index (Phi) is 4.38. The fourth-order valence-corrected chi connectivity index (χ4v) is 2.19. The van der Waals surface area contributed by atoms with Crippen LogP contribution in [-0.2, 0) is 6.54 Å². The summed E-state index contributed by atoms with van der Waals surface area (Å²) in [5.74, 6) is 0. The van der Waals surface area contributed by atoms with Crippen LogP contribution in [0.1, 0.15) is 20.8 Å². The maximum Gasteiger partial charge on any atom is 0.0568 e. The fourth-order valence-electron chi connectivity index (χ4n) is 2.19. The normalized spacial score (nSPS) is 11.7. The van der Waals surface area contributed by atoms with Crippen molar-refractivity contribution >= 4 is 0 Å². The lowest BCUT2D eigenvalue weighted by molar-refractivity contribution is 0.279. The van der Waals surface area contributed by atoms with Gasteiger partial charge in [0.15, 0.2) is 0 Å². The van der Waals surface area contributed by atoms with Crippen LogP contribution >= 0.6 is 0 Å². The molecule has 0 unspecified atom stereocenters. The van der Waals surface area contributed by atoms with Crippen molar-refractivity contribution in [2.75, 3.05) is 13.1 Å². The van der Waals surface area contributed by atoms with Crippen molar-refractivity contribution in [1.29, 1.82) is 0 Å². The van der Waals surface area contributed by atoms with Crippen LogP contribution < -0.4 is 5.32 Å². The third-order valence-corrected chi connectivity index (χ3v) is 3.18. The van der Waals surface area contributed by atoms with E-state index < -0.39 is 0 Å². The van der Waals surface area contributed by atoms with E-state index in [1.807, 2.05) is 16.9 Å². The number of nitrogens with zero attached hydrogens (tertiary/aromatic N) is 2. The first-order chi connectivity index (χ1) is 9.11. The third kappa shape index (κ3) is 3.93. The van der Waals surface area contributed by atoms with Crippen molar-refractivity contribution in [3.05, 3.63) is 42.7 Å². The monoisotopic (exact) mass is 257 g/mol. The molecule has 0 saturated carbocycles. The van der Waals surface area contributed by atoms with E-state index >= 15 is 0 Å². The van der Waals surface area contributed by atoms with Gasteiger partial charge in [-0.05, 0) is 17.5 Å². The molecule has 0 amide bonds. The Hall–Kier alpha value is -1.61. The maximum atomic E-state index is 4.47. The molecule has 1 N–H and O–H groups in total. The van der Waals surface area contributed by atoms with Crippen LogP contribution in [0.25, 0.3) is 11.1 Å². The zero-order chi connectivity index (χ0) is 13.7. The van der Waals surface area contributed by atoms with Crippen molar-refractivity contribution < 1.29 is 0 Å². The van der Waals surface area contributed by atoms with Crippen molar-refractivity contribution in [3.63, 3.8) is 0 Å². The van der Waals surface area contributed by atoms with E-state index in [0.29, 0.717) is 0 Å². The smallest absolute Gasteiger partial charge is 0.0568 e. The molecule has 3 heteroatoms. The van der Waals surface area contributed by atoms with Gasteiger partial charge in [0.2, 0.25) is 0 Å². The Morgan fingerprint density at radius 2 is 1.89 bits per heavy atom. The highest BCUT2D eigenvalue weighted by atomic mass is 15.3. The van der Waals surface area contributed by atoms with E-state index in [2.05, 4.69) is 61.6 Å². The Morgan fingerprint density at radius 3 is 2.58 bits per heavy atom. The minimum atomic E-state index is 0.204. The molecule has 0 saturated heterocycles. The molecule has 0 radical (unpaired) electrons. The lowest BCUT2D eigenvalue weighted by Gasteiger charge is -2.24. The molecule has 0 aliphatic carbocycles. The SMILES string of the molecule is CCNCC(C)(C)Cn1cc(-c2ccccc2)cn1. The molecule has 0 fully saturated rings. The summed E-state index contributed by atoms with van der Waals surface area (Å²) in [6.07, 6.45) is 4.07. The quantitative estimate of drug-likeness (QED) is 0.861. The molecular formula is C16H23N3. The van der Waals surface area contributed by atoms with Crippen LogP contribution in [0.5, 0.6) is 0 Å². The highest BCUT2D eigenvalue weighted by Gasteiger charge is 2.18. The molecule has 0 bridgehead atoms. The van der Waals surface area contributed by atoms with E-state index in [0.717, 1.165) is 19.6 Å². The lowest BCUT2D eigenvalue weighted by atomic mass is 9.93. The van der Waals surface area contributed by atoms with Gasteiger partial charge in [-0.2, -0.15) is 5.10 Å². The van der Waals surface area contributed by atoms with Crippen LogP contribution in [0.3, 0.4) is 0 Å². The summed E-state index contributed by atoms with van der Waals surface area (Å²) >= 11 is 0. The third-order valence-electron chi connectivity index (χ3n) is 3.18.